The molecule has 0 aromatic carbocycles. The monoisotopic (exact) mass is 239 g/mol. The highest BCUT2D eigenvalue weighted by Gasteiger charge is 2.22. The summed E-state index contributed by atoms with van der Waals surface area (Å²) >= 11 is 0. The Morgan fingerprint density at radius 2 is 2.35 bits per heavy atom. The molecule has 96 valence electrons. The van der Waals surface area contributed by atoms with Gasteiger partial charge in [-0.3, -0.25) is 0 Å². The van der Waals surface area contributed by atoms with E-state index in [4.69, 9.17) is 15.4 Å². The summed E-state index contributed by atoms with van der Waals surface area (Å²) in [4.78, 5) is 0. The van der Waals surface area contributed by atoms with Crippen molar-refractivity contribution in [3.63, 3.8) is 0 Å². The molecule has 0 saturated heterocycles. The number of nitrogens with two attached hydrogens (primary N) is 1. The molecule has 0 aliphatic rings. The van der Waals surface area contributed by atoms with Crippen LogP contribution < -0.4 is 11.1 Å². The minimum Gasteiger partial charge on any atom is -0.472 e. The molecule has 0 aliphatic carbocycles. The van der Waals surface area contributed by atoms with Gasteiger partial charge in [0.05, 0.1) is 12.5 Å². The Morgan fingerprint density at radius 1 is 1.59 bits per heavy atom. The summed E-state index contributed by atoms with van der Waals surface area (Å²) in [5, 5.41) is 15.0. The molecule has 0 aliphatic heterocycles. The average Bonchev–Trinajstić information content (AvgIpc) is 2.80. The largest absolute Gasteiger partial charge is 0.472 e. The SMILES string of the molecule is CC(C)(CCCNCc1ccoc1)/C(N)=N/O. The quantitative estimate of drug-likeness (QED) is 0.223. The van der Waals surface area contributed by atoms with Crippen LogP contribution >= 0.6 is 0 Å². The van der Waals surface area contributed by atoms with Gasteiger partial charge in [-0.2, -0.15) is 0 Å². The summed E-state index contributed by atoms with van der Waals surface area (Å²) in [6, 6.07) is 1.94. The van der Waals surface area contributed by atoms with E-state index in [9.17, 15) is 0 Å². The number of rotatable bonds is 7. The Kier molecular flexibility index (Phi) is 5.03. The van der Waals surface area contributed by atoms with E-state index < -0.39 is 0 Å². The predicted octanol–water partition coefficient (Wildman–Crippen LogP) is 1.92. The summed E-state index contributed by atoms with van der Waals surface area (Å²) in [7, 11) is 0. The Morgan fingerprint density at radius 3 is 2.94 bits per heavy atom. The number of furan rings is 1. The van der Waals surface area contributed by atoms with Crippen molar-refractivity contribution in [2.24, 2.45) is 16.3 Å². The fourth-order valence-electron chi connectivity index (χ4n) is 1.54. The molecule has 17 heavy (non-hydrogen) atoms. The van der Waals surface area contributed by atoms with Gasteiger partial charge in [-0.15, -0.1) is 0 Å². The van der Waals surface area contributed by atoms with E-state index in [2.05, 4.69) is 10.5 Å². The van der Waals surface area contributed by atoms with E-state index in [-0.39, 0.29) is 11.3 Å². The smallest absolute Gasteiger partial charge is 0.144 e. The van der Waals surface area contributed by atoms with Crippen LogP contribution in [-0.2, 0) is 6.54 Å². The van der Waals surface area contributed by atoms with E-state index in [0.29, 0.717) is 0 Å². The van der Waals surface area contributed by atoms with E-state index in [1.54, 1.807) is 12.5 Å². The van der Waals surface area contributed by atoms with Crippen LogP contribution in [0.2, 0.25) is 0 Å². The molecule has 5 heteroatoms. The number of nitrogens with zero attached hydrogens (tertiary/aromatic N) is 1. The van der Waals surface area contributed by atoms with Crippen LogP contribution in [0, 0.1) is 5.41 Å². The number of amidine groups is 1. The van der Waals surface area contributed by atoms with Crippen molar-refractivity contribution in [1.82, 2.24) is 5.32 Å². The summed E-state index contributed by atoms with van der Waals surface area (Å²) < 4.78 is 4.97. The Balaban J connectivity index is 2.16. The first kappa shape index (κ1) is 13.6. The first-order chi connectivity index (χ1) is 8.06. The molecule has 0 fully saturated rings. The molecular formula is C12H21N3O2. The van der Waals surface area contributed by atoms with Gasteiger partial charge in [-0.05, 0) is 25.5 Å². The molecule has 0 amide bonds. The van der Waals surface area contributed by atoms with Gasteiger partial charge in [0, 0.05) is 17.5 Å². The van der Waals surface area contributed by atoms with Crippen molar-refractivity contribution in [2.75, 3.05) is 6.54 Å². The van der Waals surface area contributed by atoms with Crippen molar-refractivity contribution in [3.8, 4) is 0 Å². The molecule has 0 saturated carbocycles. The summed E-state index contributed by atoms with van der Waals surface area (Å²) in [6.07, 6.45) is 5.24. The lowest BCUT2D eigenvalue weighted by molar-refractivity contribution is 0.304. The summed E-state index contributed by atoms with van der Waals surface area (Å²) in [5.41, 5.74) is 6.49. The Labute approximate surface area is 102 Å². The zero-order chi connectivity index (χ0) is 12.7. The van der Waals surface area contributed by atoms with Crippen molar-refractivity contribution in [2.45, 2.75) is 33.2 Å². The number of hydrogen-bond acceptors (Lipinski definition) is 4. The maximum atomic E-state index is 8.64. The highest BCUT2D eigenvalue weighted by Crippen LogP contribution is 2.21. The van der Waals surface area contributed by atoms with E-state index in [0.717, 1.165) is 31.5 Å². The third-order valence-electron chi connectivity index (χ3n) is 2.87. The molecule has 1 rings (SSSR count). The molecular weight excluding hydrogens is 218 g/mol. The van der Waals surface area contributed by atoms with Crippen molar-refractivity contribution >= 4 is 5.84 Å². The molecule has 1 aromatic heterocycles. The zero-order valence-electron chi connectivity index (χ0n) is 10.4. The molecule has 1 aromatic rings. The van der Waals surface area contributed by atoms with Gasteiger partial charge in [0.15, 0.2) is 0 Å². The second kappa shape index (κ2) is 6.30. The van der Waals surface area contributed by atoms with Crippen LogP contribution in [0.5, 0.6) is 0 Å². The number of nitrogens with one attached hydrogen (secondary N) is 1. The van der Waals surface area contributed by atoms with Crippen LogP contribution in [0.1, 0.15) is 32.3 Å². The van der Waals surface area contributed by atoms with Crippen LogP contribution in [0.15, 0.2) is 28.2 Å². The maximum absolute atomic E-state index is 8.64. The predicted molar refractivity (Wildman–Crippen MR) is 66.8 cm³/mol. The normalized spacial score (nSPS) is 12.9. The van der Waals surface area contributed by atoms with Gasteiger partial charge in [-0.1, -0.05) is 19.0 Å². The summed E-state index contributed by atoms with van der Waals surface area (Å²) in [6.45, 7) is 5.64. The molecule has 4 N–H and O–H groups in total. The molecule has 5 nitrogen and oxygen atoms in total. The zero-order valence-corrected chi connectivity index (χ0v) is 10.4. The fraction of sp³-hybridized carbons (Fsp3) is 0.583. The van der Waals surface area contributed by atoms with Crippen molar-refractivity contribution in [3.05, 3.63) is 24.2 Å². The molecule has 1 heterocycles. The van der Waals surface area contributed by atoms with Gasteiger partial charge < -0.3 is 20.7 Å². The molecule has 0 radical (unpaired) electrons. The van der Waals surface area contributed by atoms with Crippen LogP contribution in [0.25, 0.3) is 0 Å². The van der Waals surface area contributed by atoms with E-state index >= 15 is 0 Å². The maximum Gasteiger partial charge on any atom is 0.144 e. The number of hydrogen-bond donors (Lipinski definition) is 3. The molecule has 0 unspecified atom stereocenters. The highest BCUT2D eigenvalue weighted by molar-refractivity contribution is 5.85. The van der Waals surface area contributed by atoms with Crippen LogP contribution in [-0.4, -0.2) is 17.6 Å². The number of oxime groups is 1. The van der Waals surface area contributed by atoms with E-state index in [1.807, 2.05) is 19.9 Å². The molecule has 0 bridgehead atoms. The van der Waals surface area contributed by atoms with Crippen LogP contribution in [0.4, 0.5) is 0 Å². The lowest BCUT2D eigenvalue weighted by atomic mass is 9.86. The minimum atomic E-state index is -0.258. The van der Waals surface area contributed by atoms with E-state index in [1.165, 1.54) is 0 Å². The third kappa shape index (κ3) is 4.48. The highest BCUT2D eigenvalue weighted by atomic mass is 16.4. The van der Waals surface area contributed by atoms with Gasteiger partial charge in [0.25, 0.3) is 0 Å². The lowest BCUT2D eigenvalue weighted by Gasteiger charge is -2.22. The van der Waals surface area contributed by atoms with Gasteiger partial charge in [0.1, 0.15) is 5.84 Å². The molecule has 0 atom stereocenters. The first-order valence-corrected chi connectivity index (χ1v) is 5.76. The van der Waals surface area contributed by atoms with Gasteiger partial charge in [-0.25, -0.2) is 0 Å². The Hall–Kier alpha value is -1.49. The van der Waals surface area contributed by atoms with Crippen molar-refractivity contribution < 1.29 is 9.62 Å². The topological polar surface area (TPSA) is 83.8 Å². The van der Waals surface area contributed by atoms with Crippen molar-refractivity contribution in [1.29, 1.82) is 0 Å². The van der Waals surface area contributed by atoms with Crippen LogP contribution in [0.3, 0.4) is 0 Å². The van der Waals surface area contributed by atoms with Gasteiger partial charge in [0.2, 0.25) is 0 Å². The lowest BCUT2D eigenvalue weighted by Crippen LogP contribution is -2.32. The standard InChI is InChI=1S/C12H21N3O2/c1-12(2,11(13)15-16)5-3-6-14-8-10-4-7-17-9-10/h4,7,9,14,16H,3,5-6,8H2,1-2H3,(H2,13,15). The molecule has 0 spiro atoms. The Bertz CT molecular complexity index is 345. The second-order valence-corrected chi connectivity index (χ2v) is 4.78. The average molecular weight is 239 g/mol. The summed E-state index contributed by atoms with van der Waals surface area (Å²) in [5.74, 6) is 0.285. The first-order valence-electron chi connectivity index (χ1n) is 5.76. The third-order valence-corrected chi connectivity index (χ3v) is 2.87. The minimum absolute atomic E-state index is 0.258. The second-order valence-electron chi connectivity index (χ2n) is 4.78. The fourth-order valence-corrected chi connectivity index (χ4v) is 1.54. The van der Waals surface area contributed by atoms with Gasteiger partial charge >= 0.3 is 0 Å².